The first-order valence-corrected chi connectivity index (χ1v) is 32.6. The fraction of sp³-hybridized carbons (Fsp3) is 0.838. The average Bonchev–Trinajstić information content (AvgIpc) is 3.40. The summed E-state index contributed by atoms with van der Waals surface area (Å²) in [7, 11) is 0. The lowest BCUT2D eigenvalue weighted by Gasteiger charge is -2.18. The van der Waals surface area contributed by atoms with Crippen LogP contribution in [0.15, 0.2) is 48.6 Å². The van der Waals surface area contributed by atoms with Gasteiger partial charge in [0.1, 0.15) is 13.2 Å². The molecule has 1 unspecified atom stereocenters. The quantitative estimate of drug-likeness (QED) is 0.0261. The molecule has 0 aliphatic rings. The highest BCUT2D eigenvalue weighted by Crippen LogP contribution is 2.17. The van der Waals surface area contributed by atoms with Crippen molar-refractivity contribution in [3.8, 4) is 0 Å². The number of carbonyl (C=O) groups is 3. The van der Waals surface area contributed by atoms with Crippen molar-refractivity contribution in [1.29, 1.82) is 0 Å². The molecule has 6 nitrogen and oxygen atoms in total. The molecule has 1 atom stereocenters. The highest BCUT2D eigenvalue weighted by molar-refractivity contribution is 5.71. The number of allylic oxidation sites excluding steroid dienone is 8. The molecule has 0 saturated carbocycles. The predicted molar refractivity (Wildman–Crippen MR) is 321 cm³/mol. The summed E-state index contributed by atoms with van der Waals surface area (Å²) in [5.74, 6) is -0.861. The van der Waals surface area contributed by atoms with Crippen LogP contribution in [-0.2, 0) is 28.6 Å². The Morgan fingerprint density at radius 1 is 0.270 bits per heavy atom. The van der Waals surface area contributed by atoms with Gasteiger partial charge in [-0.2, -0.15) is 0 Å². The monoisotopic (exact) mass is 1040 g/mol. The molecule has 0 amide bonds. The zero-order chi connectivity index (χ0) is 53.6. The molecule has 0 aromatic rings. The Balaban J connectivity index is 4.11. The van der Waals surface area contributed by atoms with Crippen LogP contribution in [0.4, 0.5) is 0 Å². The topological polar surface area (TPSA) is 78.9 Å². The number of esters is 3. The third kappa shape index (κ3) is 60.2. The van der Waals surface area contributed by atoms with E-state index in [1.807, 2.05) is 0 Å². The first kappa shape index (κ1) is 71.4. The fourth-order valence-electron chi connectivity index (χ4n) is 9.62. The van der Waals surface area contributed by atoms with Gasteiger partial charge >= 0.3 is 17.9 Å². The molecule has 0 spiro atoms. The molecule has 0 fully saturated rings. The molecule has 6 heteroatoms. The van der Waals surface area contributed by atoms with Crippen LogP contribution in [0, 0.1) is 0 Å². The van der Waals surface area contributed by atoms with E-state index >= 15 is 0 Å². The molecule has 0 bridgehead atoms. The Hall–Kier alpha value is -2.63. The minimum Gasteiger partial charge on any atom is -0.462 e. The highest BCUT2D eigenvalue weighted by Gasteiger charge is 2.19. The number of carbonyl (C=O) groups excluding carboxylic acids is 3. The zero-order valence-electron chi connectivity index (χ0n) is 49.6. The van der Waals surface area contributed by atoms with Gasteiger partial charge in [-0.15, -0.1) is 0 Å². The van der Waals surface area contributed by atoms with Crippen molar-refractivity contribution in [3.05, 3.63) is 48.6 Å². The van der Waals surface area contributed by atoms with Crippen LogP contribution in [0.5, 0.6) is 0 Å². The summed E-state index contributed by atoms with van der Waals surface area (Å²) in [5.41, 5.74) is 0. The minimum atomic E-state index is -0.772. The van der Waals surface area contributed by atoms with Gasteiger partial charge in [0, 0.05) is 19.3 Å². The van der Waals surface area contributed by atoms with Gasteiger partial charge in [-0.05, 0) is 83.5 Å². The van der Waals surface area contributed by atoms with E-state index in [9.17, 15) is 14.4 Å². The van der Waals surface area contributed by atoms with Crippen molar-refractivity contribution in [2.24, 2.45) is 0 Å². The lowest BCUT2D eigenvalue weighted by atomic mass is 10.0. The Morgan fingerprint density at radius 3 is 0.797 bits per heavy atom. The summed E-state index contributed by atoms with van der Waals surface area (Å²) in [6, 6.07) is 0. The van der Waals surface area contributed by atoms with Crippen molar-refractivity contribution >= 4 is 17.9 Å². The molecule has 0 radical (unpaired) electrons. The van der Waals surface area contributed by atoms with Crippen molar-refractivity contribution in [1.82, 2.24) is 0 Å². The summed E-state index contributed by atoms with van der Waals surface area (Å²) < 4.78 is 16.9. The van der Waals surface area contributed by atoms with E-state index in [1.54, 1.807) is 0 Å². The Bertz CT molecular complexity index is 1280. The number of rotatable bonds is 60. The van der Waals surface area contributed by atoms with Crippen molar-refractivity contribution in [2.75, 3.05) is 13.2 Å². The Morgan fingerprint density at radius 2 is 0.486 bits per heavy atom. The molecule has 432 valence electrons. The van der Waals surface area contributed by atoms with E-state index < -0.39 is 6.10 Å². The summed E-state index contributed by atoms with van der Waals surface area (Å²) in [6.07, 6.45) is 78.5. The molecule has 0 aromatic carbocycles. The van der Waals surface area contributed by atoms with Crippen LogP contribution in [-0.4, -0.2) is 37.2 Å². The Labute approximate surface area is 460 Å². The van der Waals surface area contributed by atoms with Crippen LogP contribution in [0.1, 0.15) is 348 Å². The van der Waals surface area contributed by atoms with Crippen molar-refractivity contribution < 1.29 is 28.6 Å². The first-order chi connectivity index (χ1) is 36.5. The predicted octanol–water partition coefficient (Wildman–Crippen LogP) is 22.2. The molecule has 0 aliphatic heterocycles. The zero-order valence-corrected chi connectivity index (χ0v) is 49.6. The third-order valence-corrected chi connectivity index (χ3v) is 14.6. The SMILES string of the molecule is CCCCC/C=C\CCCCCCCC(=O)OCC(COC(=O)CCCCCCCCCCCCCCCCCC/C=C\C/C=C\C/C=C\CCCCCCC)OC(=O)CCCCCCCCCCCCCCC. The largest absolute Gasteiger partial charge is 0.462 e. The maximum atomic E-state index is 12.8. The summed E-state index contributed by atoms with van der Waals surface area (Å²) in [5, 5.41) is 0. The second-order valence-electron chi connectivity index (χ2n) is 22.0. The van der Waals surface area contributed by atoms with Crippen molar-refractivity contribution in [3.63, 3.8) is 0 Å². The fourth-order valence-corrected chi connectivity index (χ4v) is 9.62. The molecule has 0 N–H and O–H groups in total. The van der Waals surface area contributed by atoms with Crippen molar-refractivity contribution in [2.45, 2.75) is 354 Å². The van der Waals surface area contributed by atoms with E-state index in [0.717, 1.165) is 77.0 Å². The first-order valence-electron chi connectivity index (χ1n) is 32.6. The second-order valence-corrected chi connectivity index (χ2v) is 22.0. The molecular weight excluding hydrogens is 913 g/mol. The lowest BCUT2D eigenvalue weighted by Crippen LogP contribution is -2.30. The summed E-state index contributed by atoms with van der Waals surface area (Å²) in [4.78, 5) is 38.2. The van der Waals surface area contributed by atoms with Gasteiger partial charge in [0.2, 0.25) is 0 Å². The molecule has 0 heterocycles. The molecule has 0 saturated heterocycles. The molecular formula is C68H124O6. The number of hydrogen-bond donors (Lipinski definition) is 0. The molecule has 0 aromatic heterocycles. The lowest BCUT2D eigenvalue weighted by molar-refractivity contribution is -0.167. The summed E-state index contributed by atoms with van der Waals surface area (Å²) >= 11 is 0. The van der Waals surface area contributed by atoms with Gasteiger partial charge in [-0.25, -0.2) is 0 Å². The van der Waals surface area contributed by atoms with E-state index in [-0.39, 0.29) is 31.1 Å². The van der Waals surface area contributed by atoms with Crippen LogP contribution in [0.3, 0.4) is 0 Å². The van der Waals surface area contributed by atoms with E-state index in [2.05, 4.69) is 69.4 Å². The maximum Gasteiger partial charge on any atom is 0.306 e. The van der Waals surface area contributed by atoms with Gasteiger partial charge in [0.05, 0.1) is 0 Å². The average molecular weight is 1040 g/mol. The second kappa shape index (κ2) is 62.9. The standard InChI is InChI=1S/C68H124O6/c1-4-7-10-13-16-19-22-25-26-27-28-29-30-31-32-33-34-35-36-37-38-39-40-41-42-44-46-49-52-55-58-61-67(70)73-64-65(63-72-66(69)60-57-54-51-48-45-24-21-18-15-12-9-6-3)74-68(71)62-59-56-53-50-47-43-23-20-17-14-11-8-5-2/h18,21-22,25,27-28,30-31,65H,4-17,19-20,23-24,26,29,32-64H2,1-3H3/b21-18-,25-22-,28-27-,31-30-. The van der Waals surface area contributed by atoms with E-state index in [1.165, 1.54) is 231 Å². The van der Waals surface area contributed by atoms with Crippen LogP contribution in [0.2, 0.25) is 0 Å². The van der Waals surface area contributed by atoms with E-state index in [4.69, 9.17) is 14.2 Å². The summed E-state index contributed by atoms with van der Waals surface area (Å²) in [6.45, 7) is 6.64. The van der Waals surface area contributed by atoms with Gasteiger partial charge in [-0.1, -0.05) is 294 Å². The Kier molecular flexibility index (Phi) is 60.7. The van der Waals surface area contributed by atoms with Crippen LogP contribution >= 0.6 is 0 Å². The number of unbranched alkanes of at least 4 members (excludes halogenated alkanes) is 41. The van der Waals surface area contributed by atoms with Crippen LogP contribution < -0.4 is 0 Å². The van der Waals surface area contributed by atoms with E-state index in [0.29, 0.717) is 19.3 Å². The molecule has 74 heavy (non-hydrogen) atoms. The normalized spacial score (nSPS) is 12.3. The molecule has 0 rings (SSSR count). The molecule has 0 aliphatic carbocycles. The van der Waals surface area contributed by atoms with Crippen LogP contribution in [0.25, 0.3) is 0 Å². The third-order valence-electron chi connectivity index (χ3n) is 14.6. The highest BCUT2D eigenvalue weighted by atomic mass is 16.6. The number of hydrogen-bond acceptors (Lipinski definition) is 6. The maximum absolute atomic E-state index is 12.8. The van der Waals surface area contributed by atoms with Gasteiger partial charge in [-0.3, -0.25) is 14.4 Å². The van der Waals surface area contributed by atoms with Gasteiger partial charge in [0.25, 0.3) is 0 Å². The van der Waals surface area contributed by atoms with Gasteiger partial charge < -0.3 is 14.2 Å². The smallest absolute Gasteiger partial charge is 0.306 e. The minimum absolute atomic E-state index is 0.0711. The van der Waals surface area contributed by atoms with Gasteiger partial charge in [0.15, 0.2) is 6.10 Å². The number of ether oxygens (including phenoxy) is 3.